The molecule has 1 aliphatic heterocycles. The maximum Gasteiger partial charge on any atom is 0.416 e. The van der Waals surface area contributed by atoms with E-state index in [9.17, 15) is 22.0 Å². The Labute approximate surface area is 119 Å². The monoisotopic (exact) mass is 308 g/mol. The van der Waals surface area contributed by atoms with Gasteiger partial charge in [0.2, 0.25) is 0 Å². The van der Waals surface area contributed by atoms with Crippen molar-refractivity contribution >= 4 is 0 Å². The van der Waals surface area contributed by atoms with E-state index in [2.05, 4.69) is 0 Å². The predicted molar refractivity (Wildman–Crippen MR) is 69.7 cm³/mol. The summed E-state index contributed by atoms with van der Waals surface area (Å²) in [6.45, 7) is 0.189. The van der Waals surface area contributed by atoms with Crippen LogP contribution in [0.15, 0.2) is 35.1 Å². The van der Waals surface area contributed by atoms with Gasteiger partial charge in [0.15, 0.2) is 0 Å². The van der Waals surface area contributed by atoms with E-state index in [0.717, 1.165) is 6.08 Å². The van der Waals surface area contributed by atoms with Crippen LogP contribution in [0.4, 0.5) is 22.0 Å². The first-order chi connectivity index (χ1) is 9.67. The molecular formula is C14H17F5N2. The molecule has 0 aromatic heterocycles. The minimum absolute atomic E-state index is 0.00516. The summed E-state index contributed by atoms with van der Waals surface area (Å²) in [5, 5.41) is 0. The first-order valence-electron chi connectivity index (χ1n) is 6.70. The number of nitrogens with zero attached hydrogens (tertiary/aromatic N) is 1. The summed E-state index contributed by atoms with van der Waals surface area (Å²) in [6, 6.07) is 0. The van der Waals surface area contributed by atoms with Crippen molar-refractivity contribution in [1.82, 2.24) is 4.90 Å². The SMILES string of the molecule is NC1=CC(C(F)(F)F)=C(CN2CCC(F)(F)CC2)C=CC1. The van der Waals surface area contributed by atoms with Gasteiger partial charge in [0.05, 0.1) is 5.57 Å². The second-order valence-corrected chi connectivity index (χ2v) is 5.39. The molecule has 0 amide bonds. The maximum atomic E-state index is 13.1. The Kier molecular flexibility index (Phi) is 4.41. The molecular weight excluding hydrogens is 291 g/mol. The van der Waals surface area contributed by atoms with Gasteiger partial charge in [-0.2, -0.15) is 13.2 Å². The van der Waals surface area contributed by atoms with Crippen molar-refractivity contribution in [2.24, 2.45) is 5.73 Å². The summed E-state index contributed by atoms with van der Waals surface area (Å²) >= 11 is 0. The van der Waals surface area contributed by atoms with Crippen LogP contribution in [0.2, 0.25) is 0 Å². The fraction of sp³-hybridized carbons (Fsp3) is 0.571. The molecule has 1 saturated heterocycles. The van der Waals surface area contributed by atoms with Gasteiger partial charge in [-0.1, -0.05) is 12.2 Å². The second kappa shape index (κ2) is 5.79. The van der Waals surface area contributed by atoms with Crippen LogP contribution in [0.25, 0.3) is 0 Å². The third-order valence-corrected chi connectivity index (χ3v) is 3.64. The third-order valence-electron chi connectivity index (χ3n) is 3.64. The van der Waals surface area contributed by atoms with Crippen LogP contribution in [-0.2, 0) is 0 Å². The van der Waals surface area contributed by atoms with Crippen molar-refractivity contribution < 1.29 is 22.0 Å². The van der Waals surface area contributed by atoms with Crippen molar-refractivity contribution in [3.63, 3.8) is 0 Å². The minimum atomic E-state index is -4.51. The van der Waals surface area contributed by atoms with Crippen molar-refractivity contribution in [3.8, 4) is 0 Å². The zero-order valence-corrected chi connectivity index (χ0v) is 11.4. The molecule has 0 bridgehead atoms. The lowest BCUT2D eigenvalue weighted by atomic mass is 10.0. The van der Waals surface area contributed by atoms with E-state index < -0.39 is 17.7 Å². The lowest BCUT2D eigenvalue weighted by Gasteiger charge is -2.32. The van der Waals surface area contributed by atoms with Gasteiger partial charge in [0.25, 0.3) is 5.92 Å². The first kappa shape index (κ1) is 16.0. The largest absolute Gasteiger partial charge is 0.416 e. The van der Waals surface area contributed by atoms with Crippen LogP contribution < -0.4 is 5.73 Å². The van der Waals surface area contributed by atoms with Crippen LogP contribution in [0, 0.1) is 0 Å². The molecule has 118 valence electrons. The zero-order chi connectivity index (χ0) is 15.7. The van der Waals surface area contributed by atoms with Gasteiger partial charge in [-0.05, 0) is 11.6 Å². The summed E-state index contributed by atoms with van der Waals surface area (Å²) < 4.78 is 65.4. The van der Waals surface area contributed by atoms with Crippen molar-refractivity contribution in [2.75, 3.05) is 19.6 Å². The number of hydrogen-bond donors (Lipinski definition) is 1. The molecule has 7 heteroatoms. The number of halogens is 5. The fourth-order valence-corrected chi connectivity index (χ4v) is 2.45. The van der Waals surface area contributed by atoms with Crippen LogP contribution in [0.3, 0.4) is 0 Å². The van der Waals surface area contributed by atoms with E-state index in [1.165, 1.54) is 6.08 Å². The van der Waals surface area contributed by atoms with E-state index in [4.69, 9.17) is 5.73 Å². The average Bonchev–Trinajstić information content (AvgIpc) is 2.54. The number of rotatable bonds is 2. The molecule has 0 spiro atoms. The van der Waals surface area contributed by atoms with E-state index >= 15 is 0 Å². The Morgan fingerprint density at radius 3 is 2.38 bits per heavy atom. The number of piperidine rings is 1. The van der Waals surface area contributed by atoms with E-state index in [0.29, 0.717) is 0 Å². The van der Waals surface area contributed by atoms with E-state index in [-0.39, 0.29) is 50.2 Å². The lowest BCUT2D eigenvalue weighted by molar-refractivity contribution is -0.0895. The Bertz CT molecular complexity index is 478. The first-order valence-corrected chi connectivity index (χ1v) is 6.70. The number of likely N-dealkylation sites (tertiary alicyclic amines) is 1. The molecule has 0 atom stereocenters. The molecule has 0 unspecified atom stereocenters. The van der Waals surface area contributed by atoms with Gasteiger partial charge in [-0.25, -0.2) is 8.78 Å². The van der Waals surface area contributed by atoms with Crippen LogP contribution in [-0.4, -0.2) is 36.6 Å². The molecule has 0 saturated carbocycles. The number of allylic oxidation sites excluding steroid dienone is 3. The van der Waals surface area contributed by atoms with E-state index in [1.54, 1.807) is 11.0 Å². The quantitative estimate of drug-likeness (QED) is 0.793. The molecule has 0 aromatic carbocycles. The molecule has 1 heterocycles. The van der Waals surface area contributed by atoms with Crippen molar-refractivity contribution in [2.45, 2.75) is 31.4 Å². The van der Waals surface area contributed by atoms with Crippen LogP contribution in [0.1, 0.15) is 19.3 Å². The van der Waals surface area contributed by atoms with Crippen molar-refractivity contribution in [3.05, 3.63) is 35.1 Å². The Morgan fingerprint density at radius 1 is 1.19 bits per heavy atom. The number of alkyl halides is 5. The molecule has 1 fully saturated rings. The zero-order valence-electron chi connectivity index (χ0n) is 11.4. The van der Waals surface area contributed by atoms with Crippen molar-refractivity contribution in [1.29, 1.82) is 0 Å². The highest BCUT2D eigenvalue weighted by Gasteiger charge is 2.37. The molecule has 2 nitrogen and oxygen atoms in total. The summed E-state index contributed by atoms with van der Waals surface area (Å²) in [6.07, 6.45) is -0.986. The average molecular weight is 308 g/mol. The summed E-state index contributed by atoms with van der Waals surface area (Å²) in [5.41, 5.74) is 4.94. The molecule has 0 aromatic rings. The van der Waals surface area contributed by atoms with Gasteiger partial charge in [-0.3, -0.25) is 4.90 Å². The summed E-state index contributed by atoms with van der Waals surface area (Å²) in [7, 11) is 0. The fourth-order valence-electron chi connectivity index (χ4n) is 2.45. The minimum Gasteiger partial charge on any atom is -0.402 e. The van der Waals surface area contributed by atoms with Gasteiger partial charge < -0.3 is 5.73 Å². The standard InChI is InChI=1S/C14H17F5N2/c15-13(16)4-6-21(7-5-13)9-10-2-1-3-11(20)8-12(10)14(17,18)19/h1-2,8H,3-7,9,20H2. The normalized spacial score (nSPS) is 24.0. The molecule has 2 rings (SSSR count). The Hall–Kier alpha value is -1.37. The highest BCUT2D eigenvalue weighted by atomic mass is 19.4. The highest BCUT2D eigenvalue weighted by molar-refractivity contribution is 5.41. The lowest BCUT2D eigenvalue weighted by Crippen LogP contribution is -2.40. The van der Waals surface area contributed by atoms with Crippen LogP contribution >= 0.6 is 0 Å². The van der Waals surface area contributed by atoms with Gasteiger partial charge in [0.1, 0.15) is 0 Å². The molecule has 21 heavy (non-hydrogen) atoms. The highest BCUT2D eigenvalue weighted by Crippen LogP contribution is 2.33. The Balaban J connectivity index is 2.19. The smallest absolute Gasteiger partial charge is 0.402 e. The van der Waals surface area contributed by atoms with Gasteiger partial charge in [-0.15, -0.1) is 0 Å². The molecule has 1 aliphatic carbocycles. The Morgan fingerprint density at radius 2 is 1.81 bits per heavy atom. The predicted octanol–water partition coefficient (Wildman–Crippen LogP) is 3.38. The third kappa shape index (κ3) is 4.30. The van der Waals surface area contributed by atoms with E-state index in [1.807, 2.05) is 0 Å². The van der Waals surface area contributed by atoms with Crippen LogP contribution in [0.5, 0.6) is 0 Å². The molecule has 2 N–H and O–H groups in total. The molecule has 0 radical (unpaired) electrons. The van der Waals surface area contributed by atoms with Gasteiger partial charge in [0, 0.05) is 44.6 Å². The summed E-state index contributed by atoms with van der Waals surface area (Å²) in [4.78, 5) is 1.62. The number of hydrogen-bond acceptors (Lipinski definition) is 2. The number of nitrogens with two attached hydrogens (primary N) is 1. The molecule has 2 aliphatic rings. The maximum absolute atomic E-state index is 13.1. The summed E-state index contributed by atoms with van der Waals surface area (Å²) in [5.74, 6) is -2.71. The second-order valence-electron chi connectivity index (χ2n) is 5.39. The topological polar surface area (TPSA) is 29.3 Å². The van der Waals surface area contributed by atoms with Gasteiger partial charge >= 0.3 is 6.18 Å².